The van der Waals surface area contributed by atoms with E-state index in [9.17, 15) is 4.79 Å². The fourth-order valence-electron chi connectivity index (χ4n) is 4.30. The Kier molecular flexibility index (Phi) is 4.92. The number of benzene rings is 1. The highest BCUT2D eigenvalue weighted by molar-refractivity contribution is 6.06. The number of amides is 1. The van der Waals surface area contributed by atoms with Gasteiger partial charge in [-0.2, -0.15) is 0 Å². The van der Waals surface area contributed by atoms with E-state index in [1.165, 1.54) is 49.4 Å². The highest BCUT2D eigenvalue weighted by atomic mass is 16.1. The van der Waals surface area contributed by atoms with E-state index in [2.05, 4.69) is 46.0 Å². The van der Waals surface area contributed by atoms with E-state index in [1.807, 2.05) is 12.1 Å². The van der Waals surface area contributed by atoms with Gasteiger partial charge in [0.05, 0.1) is 0 Å². The van der Waals surface area contributed by atoms with Crippen LogP contribution < -0.4 is 5.32 Å². The van der Waals surface area contributed by atoms with Gasteiger partial charge >= 0.3 is 0 Å². The van der Waals surface area contributed by atoms with Crippen molar-refractivity contribution in [1.29, 1.82) is 0 Å². The number of nitrogens with one attached hydrogen (secondary N) is 1. The molecular formula is C22H26N4O. The predicted molar refractivity (Wildman–Crippen MR) is 108 cm³/mol. The molecule has 1 fully saturated rings. The third-order valence-electron chi connectivity index (χ3n) is 5.89. The van der Waals surface area contributed by atoms with Crippen molar-refractivity contribution in [2.75, 3.05) is 5.32 Å². The number of anilines is 1. The summed E-state index contributed by atoms with van der Waals surface area (Å²) < 4.78 is 2.38. The van der Waals surface area contributed by atoms with Gasteiger partial charge in [-0.3, -0.25) is 4.79 Å². The molecule has 1 aromatic carbocycles. The molecule has 5 heteroatoms. The second kappa shape index (κ2) is 7.51. The molecule has 1 amide bonds. The Morgan fingerprint density at radius 3 is 2.78 bits per heavy atom. The van der Waals surface area contributed by atoms with Crippen LogP contribution in [0.5, 0.6) is 0 Å². The Bertz CT molecular complexity index is 942. The first-order chi connectivity index (χ1) is 13.1. The first-order valence-corrected chi connectivity index (χ1v) is 9.82. The third kappa shape index (κ3) is 3.59. The number of carbonyl (C=O) groups excluding carboxylic acids is 1. The molecule has 2 aromatic heterocycles. The molecule has 1 atom stereocenters. The predicted octanol–water partition coefficient (Wildman–Crippen LogP) is 5.13. The Labute approximate surface area is 159 Å². The second-order valence-electron chi connectivity index (χ2n) is 7.64. The fourth-order valence-corrected chi connectivity index (χ4v) is 4.30. The van der Waals surface area contributed by atoms with Crippen LogP contribution in [0.25, 0.3) is 10.9 Å². The van der Waals surface area contributed by atoms with Gasteiger partial charge in [0.25, 0.3) is 5.91 Å². The smallest absolute Gasteiger partial charge is 0.256 e. The second-order valence-corrected chi connectivity index (χ2v) is 7.64. The van der Waals surface area contributed by atoms with Gasteiger partial charge in [-0.25, -0.2) is 9.97 Å². The van der Waals surface area contributed by atoms with Gasteiger partial charge in [0.2, 0.25) is 0 Å². The number of aryl methyl sites for hydroxylation is 1. The van der Waals surface area contributed by atoms with Gasteiger partial charge in [-0.15, -0.1) is 0 Å². The lowest BCUT2D eigenvalue weighted by atomic mass is 9.84. The van der Waals surface area contributed by atoms with Crippen molar-refractivity contribution in [2.45, 2.75) is 52.0 Å². The van der Waals surface area contributed by atoms with Crippen LogP contribution in [0.1, 0.15) is 61.0 Å². The lowest BCUT2D eigenvalue weighted by Crippen LogP contribution is -2.19. The van der Waals surface area contributed by atoms with Crippen molar-refractivity contribution < 1.29 is 4.79 Å². The van der Waals surface area contributed by atoms with Gasteiger partial charge < -0.3 is 9.88 Å². The maximum Gasteiger partial charge on any atom is 0.256 e. The molecule has 2 heterocycles. The van der Waals surface area contributed by atoms with Crippen molar-refractivity contribution in [1.82, 2.24) is 14.5 Å². The summed E-state index contributed by atoms with van der Waals surface area (Å²) in [5.74, 6) is 1.08. The van der Waals surface area contributed by atoms with Gasteiger partial charge in [-0.05, 0) is 56.4 Å². The SMILES string of the molecule is Cc1cn(C(C)C2CCCCC2)c2cc(C(=O)Nc3ccncn3)ccc12. The molecule has 1 N–H and O–H groups in total. The molecule has 1 saturated carbocycles. The molecule has 140 valence electrons. The average molecular weight is 362 g/mol. The zero-order chi connectivity index (χ0) is 18.8. The Morgan fingerprint density at radius 1 is 1.22 bits per heavy atom. The normalized spacial score (nSPS) is 16.4. The standard InChI is InChI=1S/C22H26N4O/c1-15-13-26(16(2)17-6-4-3-5-7-17)20-12-18(8-9-19(15)20)22(27)25-21-10-11-23-14-24-21/h8-14,16-17H,3-7H2,1-2H3,(H,23,24,25,27). The Balaban J connectivity index is 1.65. The van der Waals surface area contributed by atoms with Crippen molar-refractivity contribution in [3.8, 4) is 0 Å². The van der Waals surface area contributed by atoms with Crippen molar-refractivity contribution in [2.24, 2.45) is 5.92 Å². The lowest BCUT2D eigenvalue weighted by Gasteiger charge is -2.29. The van der Waals surface area contributed by atoms with Crippen LogP contribution in [0, 0.1) is 12.8 Å². The highest BCUT2D eigenvalue weighted by Gasteiger charge is 2.23. The fraction of sp³-hybridized carbons (Fsp3) is 0.409. The number of carbonyl (C=O) groups is 1. The topological polar surface area (TPSA) is 59.8 Å². The van der Waals surface area contributed by atoms with Crippen LogP contribution in [0.4, 0.5) is 5.82 Å². The summed E-state index contributed by atoms with van der Waals surface area (Å²) >= 11 is 0. The molecule has 1 unspecified atom stereocenters. The van der Waals surface area contributed by atoms with E-state index in [0.717, 1.165) is 5.52 Å². The van der Waals surface area contributed by atoms with Crippen molar-refractivity contribution in [3.05, 3.63) is 54.1 Å². The maximum atomic E-state index is 12.7. The van der Waals surface area contributed by atoms with Crippen LogP contribution in [0.3, 0.4) is 0 Å². The summed E-state index contributed by atoms with van der Waals surface area (Å²) in [6, 6.07) is 8.10. The van der Waals surface area contributed by atoms with E-state index in [0.29, 0.717) is 23.3 Å². The highest BCUT2D eigenvalue weighted by Crippen LogP contribution is 2.35. The summed E-state index contributed by atoms with van der Waals surface area (Å²) in [5, 5.41) is 4.06. The van der Waals surface area contributed by atoms with Gasteiger partial charge in [0, 0.05) is 34.9 Å². The number of nitrogens with zero attached hydrogens (tertiary/aromatic N) is 3. The minimum absolute atomic E-state index is 0.147. The van der Waals surface area contributed by atoms with E-state index in [4.69, 9.17) is 0 Å². The molecule has 1 aliphatic carbocycles. The molecule has 4 rings (SSSR count). The van der Waals surface area contributed by atoms with Crippen molar-refractivity contribution >= 4 is 22.6 Å². The van der Waals surface area contributed by atoms with Crippen LogP contribution in [-0.4, -0.2) is 20.4 Å². The van der Waals surface area contributed by atoms with Gasteiger partial charge in [0.1, 0.15) is 12.1 Å². The monoisotopic (exact) mass is 362 g/mol. The van der Waals surface area contributed by atoms with Gasteiger partial charge in [-0.1, -0.05) is 25.3 Å². The van der Waals surface area contributed by atoms with Gasteiger partial charge in [0.15, 0.2) is 0 Å². The minimum Gasteiger partial charge on any atom is -0.344 e. The number of aromatic nitrogens is 3. The van der Waals surface area contributed by atoms with Crippen LogP contribution in [0.2, 0.25) is 0 Å². The first-order valence-electron chi connectivity index (χ1n) is 9.82. The molecule has 0 aliphatic heterocycles. The Morgan fingerprint density at radius 2 is 2.04 bits per heavy atom. The minimum atomic E-state index is -0.147. The summed E-state index contributed by atoms with van der Waals surface area (Å²) in [7, 11) is 0. The number of hydrogen-bond donors (Lipinski definition) is 1. The molecule has 27 heavy (non-hydrogen) atoms. The zero-order valence-electron chi connectivity index (χ0n) is 16.0. The largest absolute Gasteiger partial charge is 0.344 e. The molecule has 3 aromatic rings. The molecule has 0 saturated heterocycles. The number of rotatable bonds is 4. The van der Waals surface area contributed by atoms with Crippen LogP contribution in [0.15, 0.2) is 43.0 Å². The summed E-state index contributed by atoms with van der Waals surface area (Å²) in [5.41, 5.74) is 3.05. The molecule has 0 radical (unpaired) electrons. The number of fused-ring (bicyclic) bond motifs is 1. The first kappa shape index (κ1) is 17.7. The van der Waals surface area contributed by atoms with E-state index < -0.39 is 0 Å². The average Bonchev–Trinajstić information content (AvgIpc) is 3.05. The van der Waals surface area contributed by atoms with Crippen molar-refractivity contribution in [3.63, 3.8) is 0 Å². The summed E-state index contributed by atoms with van der Waals surface area (Å²) in [6.07, 6.45) is 11.9. The molecule has 1 aliphatic rings. The summed E-state index contributed by atoms with van der Waals surface area (Å²) in [4.78, 5) is 20.6. The van der Waals surface area contributed by atoms with E-state index in [-0.39, 0.29) is 5.91 Å². The Hall–Kier alpha value is -2.69. The van der Waals surface area contributed by atoms with Crippen LogP contribution >= 0.6 is 0 Å². The lowest BCUT2D eigenvalue weighted by molar-refractivity contribution is 0.102. The molecule has 0 bridgehead atoms. The van der Waals surface area contributed by atoms with E-state index >= 15 is 0 Å². The maximum absolute atomic E-state index is 12.7. The molecule has 5 nitrogen and oxygen atoms in total. The molecule has 0 spiro atoms. The zero-order valence-corrected chi connectivity index (χ0v) is 16.0. The van der Waals surface area contributed by atoms with Crippen LogP contribution in [-0.2, 0) is 0 Å². The summed E-state index contributed by atoms with van der Waals surface area (Å²) in [6.45, 7) is 4.47. The molecular weight excluding hydrogens is 336 g/mol. The quantitative estimate of drug-likeness (QED) is 0.699. The number of hydrogen-bond acceptors (Lipinski definition) is 3. The van der Waals surface area contributed by atoms with E-state index in [1.54, 1.807) is 12.3 Å². The third-order valence-corrected chi connectivity index (χ3v) is 5.89.